The molecule has 152 valence electrons. The maximum Gasteiger partial charge on any atom is 0.260 e. The third kappa shape index (κ3) is 5.09. The van der Waals surface area contributed by atoms with E-state index in [1.54, 1.807) is 23.1 Å². The molecule has 2 atom stereocenters. The molecular weight excluding hydrogens is 376 g/mol. The van der Waals surface area contributed by atoms with Gasteiger partial charge < -0.3 is 9.64 Å². The molecule has 1 saturated heterocycles. The fourth-order valence-electron chi connectivity index (χ4n) is 3.49. The zero-order valence-corrected chi connectivity index (χ0v) is 16.4. The largest absolute Gasteiger partial charge is 0.484 e. The lowest BCUT2D eigenvalue weighted by Crippen LogP contribution is -2.58. The van der Waals surface area contributed by atoms with Crippen molar-refractivity contribution in [2.45, 2.75) is 32.5 Å². The summed E-state index contributed by atoms with van der Waals surface area (Å²) < 4.78 is 32.2. The van der Waals surface area contributed by atoms with Crippen molar-refractivity contribution in [3.05, 3.63) is 65.2 Å². The molecule has 3 rings (SSSR count). The molecule has 0 N–H and O–H groups in total. The standard InChI is InChI=1S/C22H23F2N3O2/c1-15-12-27(16(2)11-26(15)13-17-3-6-19(23)7-4-17)22(28)14-29-20-8-5-18(10-25)21(24)9-20/h3-9,15-16H,11-14H2,1-2H3. The molecule has 0 radical (unpaired) electrons. The molecule has 1 fully saturated rings. The second kappa shape index (κ2) is 9.01. The minimum Gasteiger partial charge on any atom is -0.484 e. The van der Waals surface area contributed by atoms with Crippen LogP contribution in [0, 0.1) is 23.0 Å². The predicted octanol–water partition coefficient (Wildman–Crippen LogP) is 3.34. The molecule has 1 aliphatic heterocycles. The van der Waals surface area contributed by atoms with E-state index in [9.17, 15) is 13.6 Å². The van der Waals surface area contributed by atoms with E-state index in [1.165, 1.54) is 24.3 Å². The first-order valence-corrected chi connectivity index (χ1v) is 9.47. The van der Waals surface area contributed by atoms with Crippen LogP contribution in [0.3, 0.4) is 0 Å². The number of carbonyl (C=O) groups is 1. The average molecular weight is 399 g/mol. The average Bonchev–Trinajstić information content (AvgIpc) is 2.70. The van der Waals surface area contributed by atoms with Crippen molar-refractivity contribution in [1.82, 2.24) is 9.80 Å². The Kier molecular flexibility index (Phi) is 6.45. The Balaban J connectivity index is 1.56. The van der Waals surface area contributed by atoms with Gasteiger partial charge >= 0.3 is 0 Å². The van der Waals surface area contributed by atoms with Gasteiger partial charge in [-0.05, 0) is 43.7 Å². The molecule has 7 heteroatoms. The third-order valence-corrected chi connectivity index (χ3v) is 5.16. The first kappa shape index (κ1) is 20.7. The highest BCUT2D eigenvalue weighted by molar-refractivity contribution is 5.78. The van der Waals surface area contributed by atoms with E-state index in [1.807, 2.05) is 13.8 Å². The number of hydrogen-bond donors (Lipinski definition) is 0. The number of nitrogens with zero attached hydrogens (tertiary/aromatic N) is 3. The maximum atomic E-state index is 13.7. The Morgan fingerprint density at radius 3 is 2.52 bits per heavy atom. The van der Waals surface area contributed by atoms with Crippen LogP contribution in [0.1, 0.15) is 25.0 Å². The van der Waals surface area contributed by atoms with Gasteiger partial charge in [0.05, 0.1) is 5.56 Å². The van der Waals surface area contributed by atoms with Gasteiger partial charge in [0, 0.05) is 37.8 Å². The van der Waals surface area contributed by atoms with E-state index >= 15 is 0 Å². The van der Waals surface area contributed by atoms with E-state index in [4.69, 9.17) is 10.00 Å². The summed E-state index contributed by atoms with van der Waals surface area (Å²) in [6, 6.07) is 12.2. The summed E-state index contributed by atoms with van der Waals surface area (Å²) in [5, 5.41) is 8.77. The number of halogens is 2. The van der Waals surface area contributed by atoms with E-state index in [-0.39, 0.29) is 41.7 Å². The fourth-order valence-corrected chi connectivity index (χ4v) is 3.49. The van der Waals surface area contributed by atoms with Crippen LogP contribution in [-0.4, -0.2) is 47.5 Å². The molecule has 1 amide bonds. The first-order valence-electron chi connectivity index (χ1n) is 9.47. The van der Waals surface area contributed by atoms with Gasteiger partial charge in [-0.25, -0.2) is 8.78 Å². The summed E-state index contributed by atoms with van der Waals surface area (Å²) in [6.45, 7) is 5.76. The van der Waals surface area contributed by atoms with Crippen LogP contribution < -0.4 is 4.74 Å². The number of nitriles is 1. The van der Waals surface area contributed by atoms with Crippen molar-refractivity contribution < 1.29 is 18.3 Å². The molecule has 1 heterocycles. The van der Waals surface area contributed by atoms with Gasteiger partial charge in [0.1, 0.15) is 23.5 Å². The van der Waals surface area contributed by atoms with Crippen molar-refractivity contribution in [1.29, 1.82) is 5.26 Å². The van der Waals surface area contributed by atoms with Crippen LogP contribution in [0.5, 0.6) is 5.75 Å². The second-order valence-electron chi connectivity index (χ2n) is 7.34. The van der Waals surface area contributed by atoms with Crippen molar-refractivity contribution in [3.63, 3.8) is 0 Å². The highest BCUT2D eigenvalue weighted by Gasteiger charge is 2.32. The second-order valence-corrected chi connectivity index (χ2v) is 7.34. The van der Waals surface area contributed by atoms with Crippen molar-refractivity contribution in [2.75, 3.05) is 19.7 Å². The summed E-state index contributed by atoms with van der Waals surface area (Å²) >= 11 is 0. The number of benzene rings is 2. The van der Waals surface area contributed by atoms with Gasteiger partial charge in [-0.1, -0.05) is 12.1 Å². The Morgan fingerprint density at radius 1 is 1.14 bits per heavy atom. The monoisotopic (exact) mass is 399 g/mol. The van der Waals surface area contributed by atoms with Crippen LogP contribution in [0.2, 0.25) is 0 Å². The lowest BCUT2D eigenvalue weighted by atomic mass is 10.1. The predicted molar refractivity (Wildman–Crippen MR) is 104 cm³/mol. The molecule has 1 aliphatic rings. The van der Waals surface area contributed by atoms with E-state index in [2.05, 4.69) is 4.90 Å². The van der Waals surface area contributed by atoms with E-state index < -0.39 is 5.82 Å². The molecule has 0 saturated carbocycles. The van der Waals surface area contributed by atoms with Gasteiger partial charge in [0.25, 0.3) is 5.91 Å². The topological polar surface area (TPSA) is 56.6 Å². The molecule has 2 aromatic carbocycles. The number of carbonyl (C=O) groups excluding carboxylic acids is 1. The summed E-state index contributed by atoms with van der Waals surface area (Å²) in [5.74, 6) is -0.886. The highest BCUT2D eigenvalue weighted by Crippen LogP contribution is 2.20. The van der Waals surface area contributed by atoms with Crippen molar-refractivity contribution in [2.24, 2.45) is 0 Å². The van der Waals surface area contributed by atoms with Gasteiger partial charge in [0.15, 0.2) is 6.61 Å². The number of ether oxygens (including phenoxy) is 1. The fraction of sp³-hybridized carbons (Fsp3) is 0.364. The molecular formula is C22H23F2N3O2. The molecule has 0 aromatic heterocycles. The molecule has 0 bridgehead atoms. The maximum absolute atomic E-state index is 13.7. The number of amides is 1. The van der Waals surface area contributed by atoms with Crippen LogP contribution in [0.4, 0.5) is 8.78 Å². The quantitative estimate of drug-likeness (QED) is 0.774. The van der Waals surface area contributed by atoms with Crippen molar-refractivity contribution >= 4 is 5.91 Å². The van der Waals surface area contributed by atoms with Gasteiger partial charge in [-0.15, -0.1) is 0 Å². The SMILES string of the molecule is CC1CN(C(=O)COc2ccc(C#N)c(F)c2)C(C)CN1Cc1ccc(F)cc1. The molecule has 2 aromatic rings. The van der Waals surface area contributed by atoms with Gasteiger partial charge in [-0.3, -0.25) is 9.69 Å². The summed E-state index contributed by atoms with van der Waals surface area (Å²) in [6.07, 6.45) is 0. The van der Waals surface area contributed by atoms with Gasteiger partial charge in [-0.2, -0.15) is 5.26 Å². The number of piperazine rings is 1. The Labute approximate surface area is 169 Å². The summed E-state index contributed by atoms with van der Waals surface area (Å²) in [4.78, 5) is 16.7. The Morgan fingerprint density at radius 2 is 1.86 bits per heavy atom. The first-order chi connectivity index (χ1) is 13.9. The normalized spacial score (nSPS) is 19.6. The minimum atomic E-state index is -0.672. The molecule has 0 spiro atoms. The summed E-state index contributed by atoms with van der Waals surface area (Å²) in [7, 11) is 0. The third-order valence-electron chi connectivity index (χ3n) is 5.16. The van der Waals surface area contributed by atoms with Crippen LogP contribution in [-0.2, 0) is 11.3 Å². The Hall–Kier alpha value is -2.98. The molecule has 2 unspecified atom stereocenters. The molecule has 0 aliphatic carbocycles. The van der Waals surface area contributed by atoms with E-state index in [0.29, 0.717) is 19.6 Å². The molecule has 5 nitrogen and oxygen atoms in total. The summed E-state index contributed by atoms with van der Waals surface area (Å²) in [5.41, 5.74) is 0.958. The number of rotatable bonds is 5. The van der Waals surface area contributed by atoms with E-state index in [0.717, 1.165) is 11.6 Å². The molecule has 29 heavy (non-hydrogen) atoms. The van der Waals surface area contributed by atoms with Crippen LogP contribution >= 0.6 is 0 Å². The smallest absolute Gasteiger partial charge is 0.260 e. The lowest BCUT2D eigenvalue weighted by Gasteiger charge is -2.44. The van der Waals surface area contributed by atoms with Crippen molar-refractivity contribution in [3.8, 4) is 11.8 Å². The zero-order valence-electron chi connectivity index (χ0n) is 16.4. The van der Waals surface area contributed by atoms with Crippen LogP contribution in [0.25, 0.3) is 0 Å². The highest BCUT2D eigenvalue weighted by atomic mass is 19.1. The van der Waals surface area contributed by atoms with Crippen LogP contribution in [0.15, 0.2) is 42.5 Å². The number of hydrogen-bond acceptors (Lipinski definition) is 4. The minimum absolute atomic E-state index is 0.0135. The Bertz CT molecular complexity index is 911. The van der Waals surface area contributed by atoms with Gasteiger partial charge in [0.2, 0.25) is 0 Å². The zero-order chi connectivity index (χ0) is 21.0. The lowest BCUT2D eigenvalue weighted by molar-refractivity contribution is -0.139.